The largest absolute Gasteiger partial charge is 0.495 e. The van der Waals surface area contributed by atoms with Crippen molar-refractivity contribution in [2.24, 2.45) is 5.92 Å². The molecule has 82 valence electrons. The lowest BCUT2D eigenvalue weighted by molar-refractivity contribution is 0.333. The molecule has 1 N–H and O–H groups in total. The lowest BCUT2D eigenvalue weighted by Gasteiger charge is -2.26. The lowest BCUT2D eigenvalue weighted by atomic mass is 9.85. The lowest BCUT2D eigenvalue weighted by Crippen LogP contribution is -2.21. The third-order valence-electron chi connectivity index (χ3n) is 2.97. The minimum atomic E-state index is 0.743. The topological polar surface area (TPSA) is 21.3 Å². The van der Waals surface area contributed by atoms with E-state index in [-0.39, 0.29) is 0 Å². The quantitative estimate of drug-likeness (QED) is 0.846. The molecule has 3 heteroatoms. The second kappa shape index (κ2) is 4.75. The van der Waals surface area contributed by atoms with E-state index in [0.29, 0.717) is 0 Å². The van der Waals surface area contributed by atoms with E-state index < -0.39 is 0 Å². The van der Waals surface area contributed by atoms with E-state index in [1.54, 1.807) is 7.11 Å². The summed E-state index contributed by atoms with van der Waals surface area (Å²) >= 11 is 5.94. The number of rotatable bonds is 4. The van der Waals surface area contributed by atoms with Gasteiger partial charge in [-0.2, -0.15) is 0 Å². The number of nitrogens with one attached hydrogen (secondary N) is 1. The smallest absolute Gasteiger partial charge is 0.142 e. The van der Waals surface area contributed by atoms with E-state index in [2.05, 4.69) is 5.32 Å². The Balaban J connectivity index is 2.00. The summed E-state index contributed by atoms with van der Waals surface area (Å²) in [4.78, 5) is 0. The van der Waals surface area contributed by atoms with Gasteiger partial charge in [0, 0.05) is 11.6 Å². The van der Waals surface area contributed by atoms with Gasteiger partial charge in [0.05, 0.1) is 12.8 Å². The van der Waals surface area contributed by atoms with Crippen LogP contribution in [0.3, 0.4) is 0 Å². The van der Waals surface area contributed by atoms with Gasteiger partial charge in [-0.25, -0.2) is 0 Å². The van der Waals surface area contributed by atoms with Crippen LogP contribution in [0.4, 0.5) is 5.69 Å². The standard InChI is InChI=1S/C12H16ClNO/c1-15-12-6-5-10(13)7-11(12)14-8-9-3-2-4-9/h5-7,9,14H,2-4,8H2,1H3. The number of hydrogen-bond acceptors (Lipinski definition) is 2. The second-order valence-electron chi connectivity index (χ2n) is 4.02. The Labute approximate surface area is 95.6 Å². The molecule has 0 saturated heterocycles. The fourth-order valence-corrected chi connectivity index (χ4v) is 1.94. The van der Waals surface area contributed by atoms with Crippen molar-refractivity contribution in [2.45, 2.75) is 19.3 Å². The molecule has 2 nitrogen and oxygen atoms in total. The van der Waals surface area contributed by atoms with Gasteiger partial charge in [0.1, 0.15) is 5.75 Å². The highest BCUT2D eigenvalue weighted by Gasteiger charge is 2.17. The van der Waals surface area contributed by atoms with E-state index in [0.717, 1.165) is 28.9 Å². The predicted molar refractivity (Wildman–Crippen MR) is 63.8 cm³/mol. The van der Waals surface area contributed by atoms with Crippen molar-refractivity contribution in [3.8, 4) is 5.75 Å². The van der Waals surface area contributed by atoms with E-state index >= 15 is 0 Å². The highest BCUT2D eigenvalue weighted by Crippen LogP contribution is 2.30. The minimum Gasteiger partial charge on any atom is -0.495 e. The molecule has 0 radical (unpaired) electrons. The van der Waals surface area contributed by atoms with Crippen molar-refractivity contribution in [1.29, 1.82) is 0 Å². The maximum absolute atomic E-state index is 5.94. The first kappa shape index (κ1) is 10.6. The number of benzene rings is 1. The predicted octanol–water partition coefficient (Wildman–Crippen LogP) is 3.56. The summed E-state index contributed by atoms with van der Waals surface area (Å²) in [6.07, 6.45) is 4.06. The first-order valence-corrected chi connectivity index (χ1v) is 5.75. The summed E-state index contributed by atoms with van der Waals surface area (Å²) in [6.45, 7) is 1.02. The van der Waals surface area contributed by atoms with Crippen LogP contribution in [0.25, 0.3) is 0 Å². The van der Waals surface area contributed by atoms with Crippen LogP contribution in [0, 0.1) is 5.92 Å². The van der Waals surface area contributed by atoms with E-state index in [9.17, 15) is 0 Å². The normalized spacial score (nSPS) is 15.9. The molecule has 0 bridgehead atoms. The van der Waals surface area contributed by atoms with Gasteiger partial charge in [0.2, 0.25) is 0 Å². The van der Waals surface area contributed by atoms with Crippen molar-refractivity contribution >= 4 is 17.3 Å². The maximum atomic E-state index is 5.94. The van der Waals surface area contributed by atoms with Crippen molar-refractivity contribution in [2.75, 3.05) is 19.0 Å². The van der Waals surface area contributed by atoms with Crippen LogP contribution in [0.15, 0.2) is 18.2 Å². The molecular weight excluding hydrogens is 210 g/mol. The third kappa shape index (κ3) is 2.57. The fraction of sp³-hybridized carbons (Fsp3) is 0.500. The molecule has 2 rings (SSSR count). The van der Waals surface area contributed by atoms with Crippen LogP contribution in [0.2, 0.25) is 5.02 Å². The van der Waals surface area contributed by atoms with Crippen LogP contribution < -0.4 is 10.1 Å². The molecule has 1 aromatic carbocycles. The summed E-state index contributed by atoms with van der Waals surface area (Å²) < 4.78 is 5.26. The highest BCUT2D eigenvalue weighted by molar-refractivity contribution is 6.30. The number of anilines is 1. The van der Waals surface area contributed by atoms with Gasteiger partial charge in [-0.05, 0) is 37.0 Å². The Kier molecular flexibility index (Phi) is 3.37. The van der Waals surface area contributed by atoms with E-state index in [1.165, 1.54) is 19.3 Å². The summed E-state index contributed by atoms with van der Waals surface area (Å²) in [5.74, 6) is 1.69. The van der Waals surface area contributed by atoms with E-state index in [4.69, 9.17) is 16.3 Å². The second-order valence-corrected chi connectivity index (χ2v) is 4.46. The Morgan fingerprint density at radius 2 is 2.27 bits per heavy atom. The molecule has 0 heterocycles. The van der Waals surface area contributed by atoms with Gasteiger partial charge >= 0.3 is 0 Å². The van der Waals surface area contributed by atoms with Gasteiger partial charge < -0.3 is 10.1 Å². The SMILES string of the molecule is COc1ccc(Cl)cc1NCC1CCC1. The Hall–Kier alpha value is -0.890. The van der Waals surface area contributed by atoms with Crippen molar-refractivity contribution in [1.82, 2.24) is 0 Å². The molecule has 15 heavy (non-hydrogen) atoms. The van der Waals surface area contributed by atoms with Crippen LogP contribution in [-0.4, -0.2) is 13.7 Å². The molecule has 1 aliphatic carbocycles. The van der Waals surface area contributed by atoms with Crippen LogP contribution in [0.1, 0.15) is 19.3 Å². The molecule has 0 atom stereocenters. The summed E-state index contributed by atoms with van der Waals surface area (Å²) in [7, 11) is 1.68. The molecule has 0 aromatic heterocycles. The molecule has 1 aromatic rings. The number of methoxy groups -OCH3 is 1. The molecule has 0 amide bonds. The Bertz CT molecular complexity index is 336. The van der Waals surface area contributed by atoms with Gasteiger partial charge in [-0.15, -0.1) is 0 Å². The van der Waals surface area contributed by atoms with Crippen LogP contribution >= 0.6 is 11.6 Å². The van der Waals surface area contributed by atoms with Gasteiger partial charge in [-0.3, -0.25) is 0 Å². The Morgan fingerprint density at radius 3 is 2.87 bits per heavy atom. The molecule has 0 spiro atoms. The average molecular weight is 226 g/mol. The van der Waals surface area contributed by atoms with Gasteiger partial charge in [-0.1, -0.05) is 18.0 Å². The summed E-state index contributed by atoms with van der Waals surface area (Å²) in [5.41, 5.74) is 0.997. The first-order chi connectivity index (χ1) is 7.29. The number of halogens is 1. The third-order valence-corrected chi connectivity index (χ3v) is 3.20. The highest BCUT2D eigenvalue weighted by atomic mass is 35.5. The van der Waals surface area contributed by atoms with Crippen LogP contribution in [0.5, 0.6) is 5.75 Å². The molecule has 0 unspecified atom stereocenters. The van der Waals surface area contributed by atoms with Gasteiger partial charge in [0.25, 0.3) is 0 Å². The Morgan fingerprint density at radius 1 is 1.47 bits per heavy atom. The minimum absolute atomic E-state index is 0.743. The maximum Gasteiger partial charge on any atom is 0.142 e. The average Bonchev–Trinajstić information content (AvgIpc) is 2.16. The van der Waals surface area contributed by atoms with Crippen LogP contribution in [-0.2, 0) is 0 Å². The summed E-state index contributed by atoms with van der Waals surface area (Å²) in [6, 6.07) is 5.65. The number of hydrogen-bond donors (Lipinski definition) is 1. The van der Waals surface area contributed by atoms with Crippen molar-refractivity contribution < 1.29 is 4.74 Å². The zero-order valence-electron chi connectivity index (χ0n) is 8.92. The zero-order valence-corrected chi connectivity index (χ0v) is 9.68. The molecule has 0 aliphatic heterocycles. The summed E-state index contributed by atoms with van der Waals surface area (Å²) in [5, 5.41) is 4.14. The monoisotopic (exact) mass is 225 g/mol. The zero-order chi connectivity index (χ0) is 10.7. The fourth-order valence-electron chi connectivity index (χ4n) is 1.77. The molecule has 1 fully saturated rings. The molecule has 1 aliphatic rings. The number of ether oxygens (including phenoxy) is 1. The van der Waals surface area contributed by atoms with E-state index in [1.807, 2.05) is 18.2 Å². The van der Waals surface area contributed by atoms with Crippen molar-refractivity contribution in [3.63, 3.8) is 0 Å². The first-order valence-electron chi connectivity index (χ1n) is 5.37. The molecular formula is C12H16ClNO. The molecule has 1 saturated carbocycles. The van der Waals surface area contributed by atoms with Crippen molar-refractivity contribution in [3.05, 3.63) is 23.2 Å². The van der Waals surface area contributed by atoms with Gasteiger partial charge in [0.15, 0.2) is 0 Å².